The molecule has 0 aliphatic carbocycles. The van der Waals surface area contributed by atoms with E-state index in [0.29, 0.717) is 4.83 Å². The van der Waals surface area contributed by atoms with Crippen LogP contribution in [0.1, 0.15) is 5.56 Å². The van der Waals surface area contributed by atoms with Gasteiger partial charge in [-0.2, -0.15) is 5.26 Å². The van der Waals surface area contributed by atoms with E-state index in [1.165, 1.54) is 0 Å². The number of aromatic nitrogens is 2. The maximum atomic E-state index is 11.0. The number of hydrogen-bond acceptors (Lipinski definition) is 4. The van der Waals surface area contributed by atoms with Crippen LogP contribution >= 0.6 is 22.9 Å². The Labute approximate surface area is 85.6 Å². The van der Waals surface area contributed by atoms with Crippen LogP contribution in [-0.2, 0) is 0 Å². The molecule has 0 aliphatic heterocycles. The van der Waals surface area contributed by atoms with Crippen LogP contribution in [0.4, 0.5) is 0 Å². The Bertz CT molecular complexity index is 660. The lowest BCUT2D eigenvalue weighted by atomic mass is 10.3. The number of nitrogens with one attached hydrogen (secondary N) is 2. The zero-order valence-corrected chi connectivity index (χ0v) is 8.12. The third-order valence-corrected chi connectivity index (χ3v) is 2.96. The first kappa shape index (κ1) is 8.99. The number of aromatic amines is 2. The van der Waals surface area contributed by atoms with E-state index in [1.54, 1.807) is 0 Å². The van der Waals surface area contributed by atoms with Gasteiger partial charge in [-0.05, 0) is 0 Å². The zero-order chi connectivity index (χ0) is 10.3. The third kappa shape index (κ3) is 1.14. The van der Waals surface area contributed by atoms with Crippen molar-refractivity contribution < 1.29 is 0 Å². The lowest BCUT2D eigenvalue weighted by molar-refractivity contribution is 1.16. The van der Waals surface area contributed by atoms with Crippen molar-refractivity contribution in [3.63, 3.8) is 0 Å². The summed E-state index contributed by atoms with van der Waals surface area (Å²) in [6.07, 6.45) is 0. The van der Waals surface area contributed by atoms with Crippen molar-refractivity contribution in [2.45, 2.75) is 0 Å². The Kier molecular flexibility index (Phi) is 1.91. The lowest BCUT2D eigenvalue weighted by Crippen LogP contribution is -2.28. The van der Waals surface area contributed by atoms with Crippen molar-refractivity contribution in [3.05, 3.63) is 30.6 Å². The molecule has 0 amide bonds. The van der Waals surface area contributed by atoms with E-state index in [4.69, 9.17) is 16.9 Å². The molecule has 0 bridgehead atoms. The second-order valence-corrected chi connectivity index (χ2v) is 4.10. The van der Waals surface area contributed by atoms with Crippen LogP contribution in [0.15, 0.2) is 9.59 Å². The Morgan fingerprint density at radius 2 is 1.93 bits per heavy atom. The fourth-order valence-corrected chi connectivity index (χ4v) is 2.24. The van der Waals surface area contributed by atoms with Gasteiger partial charge in [-0.3, -0.25) is 9.59 Å². The number of nitrogens with zero attached hydrogens (tertiary/aromatic N) is 1. The normalized spacial score (nSPS) is 10.3. The van der Waals surface area contributed by atoms with Crippen molar-refractivity contribution in [2.24, 2.45) is 0 Å². The molecule has 2 aromatic rings. The Balaban J connectivity index is 3.06. The maximum absolute atomic E-state index is 11.0. The van der Waals surface area contributed by atoms with Gasteiger partial charge in [0.05, 0.1) is 5.52 Å². The molecule has 0 fully saturated rings. The number of hydrogen-bond donors (Lipinski definition) is 2. The van der Waals surface area contributed by atoms with Crippen LogP contribution in [0, 0.1) is 11.3 Å². The average molecular weight is 228 g/mol. The minimum atomic E-state index is -0.788. The summed E-state index contributed by atoms with van der Waals surface area (Å²) in [7, 11) is 0. The van der Waals surface area contributed by atoms with Crippen molar-refractivity contribution in [3.8, 4) is 6.07 Å². The van der Waals surface area contributed by atoms with Gasteiger partial charge in [-0.25, -0.2) is 0 Å². The molecule has 14 heavy (non-hydrogen) atoms. The van der Waals surface area contributed by atoms with Crippen LogP contribution < -0.4 is 11.1 Å². The third-order valence-electron chi connectivity index (χ3n) is 1.65. The summed E-state index contributed by atoms with van der Waals surface area (Å²) in [5.74, 6) is 0. The molecule has 70 valence electrons. The predicted molar refractivity (Wildman–Crippen MR) is 52.8 cm³/mol. The molecule has 0 unspecified atom stereocenters. The van der Waals surface area contributed by atoms with Crippen LogP contribution in [0.2, 0.25) is 4.34 Å². The van der Waals surface area contributed by atoms with E-state index in [9.17, 15) is 9.59 Å². The van der Waals surface area contributed by atoms with Crippen molar-refractivity contribution in [1.82, 2.24) is 9.97 Å². The highest BCUT2D eigenvalue weighted by molar-refractivity contribution is 7.22. The SMILES string of the molecule is N#Cc1c(Cl)sc2[nH]c(=O)c(=O)[nH]c12. The quantitative estimate of drug-likeness (QED) is 0.653. The van der Waals surface area contributed by atoms with E-state index < -0.39 is 11.1 Å². The summed E-state index contributed by atoms with van der Waals surface area (Å²) in [6.45, 7) is 0. The summed E-state index contributed by atoms with van der Waals surface area (Å²) in [5, 5.41) is 8.72. The van der Waals surface area contributed by atoms with Gasteiger partial charge in [-0.15, -0.1) is 11.3 Å². The Morgan fingerprint density at radius 1 is 1.29 bits per heavy atom. The van der Waals surface area contributed by atoms with Gasteiger partial charge in [0.15, 0.2) is 0 Å². The second-order valence-electron chi connectivity index (χ2n) is 2.47. The van der Waals surface area contributed by atoms with Gasteiger partial charge in [0.2, 0.25) is 0 Å². The van der Waals surface area contributed by atoms with Gasteiger partial charge in [0, 0.05) is 0 Å². The molecule has 5 nitrogen and oxygen atoms in total. The van der Waals surface area contributed by atoms with Gasteiger partial charge < -0.3 is 9.97 Å². The molecule has 0 saturated heterocycles. The highest BCUT2D eigenvalue weighted by Crippen LogP contribution is 2.30. The molecular formula is C7H2ClN3O2S. The Hall–Kier alpha value is -1.58. The van der Waals surface area contributed by atoms with Crippen LogP contribution in [0.5, 0.6) is 0 Å². The summed E-state index contributed by atoms with van der Waals surface area (Å²) in [4.78, 5) is 26.9. The lowest BCUT2D eigenvalue weighted by Gasteiger charge is -1.87. The molecule has 0 aliphatic rings. The summed E-state index contributed by atoms with van der Waals surface area (Å²) < 4.78 is 0.250. The summed E-state index contributed by atoms with van der Waals surface area (Å²) in [5.41, 5.74) is -1.07. The molecule has 0 spiro atoms. The van der Waals surface area contributed by atoms with Crippen LogP contribution in [0.25, 0.3) is 10.3 Å². The topological polar surface area (TPSA) is 89.5 Å². The first-order chi connectivity index (χ1) is 6.63. The fourth-order valence-electron chi connectivity index (χ4n) is 1.04. The second kappa shape index (κ2) is 2.97. The summed E-state index contributed by atoms with van der Waals surface area (Å²) in [6, 6.07) is 1.85. The van der Waals surface area contributed by atoms with Gasteiger partial charge >= 0.3 is 11.1 Å². The molecule has 2 aromatic heterocycles. The number of rotatable bonds is 0. The van der Waals surface area contributed by atoms with E-state index in [-0.39, 0.29) is 15.4 Å². The molecule has 0 aromatic carbocycles. The smallest absolute Gasteiger partial charge is 0.314 e. The molecule has 0 radical (unpaired) electrons. The first-order valence-corrected chi connectivity index (χ1v) is 4.67. The van der Waals surface area contributed by atoms with Gasteiger partial charge in [0.25, 0.3) is 0 Å². The standard InChI is InChI=1S/C7H2ClN3O2S/c8-4-2(1-9)3-7(14-4)11-6(13)5(12)10-3/h(H,10,12)(H,11,13). The number of fused-ring (bicyclic) bond motifs is 1. The van der Waals surface area contributed by atoms with E-state index in [2.05, 4.69) is 9.97 Å². The van der Waals surface area contributed by atoms with Crippen LogP contribution in [-0.4, -0.2) is 9.97 Å². The van der Waals surface area contributed by atoms with E-state index in [0.717, 1.165) is 11.3 Å². The molecule has 2 N–H and O–H groups in total. The minimum Gasteiger partial charge on any atom is -0.314 e. The summed E-state index contributed by atoms with van der Waals surface area (Å²) >= 11 is 6.77. The highest BCUT2D eigenvalue weighted by Gasteiger charge is 2.12. The van der Waals surface area contributed by atoms with Crippen LogP contribution in [0.3, 0.4) is 0 Å². The Morgan fingerprint density at radius 3 is 2.57 bits per heavy atom. The predicted octanol–water partition coefficient (Wildman–Crippen LogP) is 0.803. The molecule has 2 rings (SSSR count). The van der Waals surface area contributed by atoms with Crippen molar-refractivity contribution >= 4 is 33.3 Å². The number of thiophene rings is 1. The molecular weight excluding hydrogens is 226 g/mol. The number of H-pyrrole nitrogens is 2. The van der Waals surface area contributed by atoms with E-state index in [1.807, 2.05) is 6.07 Å². The minimum absolute atomic E-state index is 0.181. The number of halogens is 1. The first-order valence-electron chi connectivity index (χ1n) is 3.48. The van der Waals surface area contributed by atoms with Gasteiger partial charge in [-0.1, -0.05) is 11.6 Å². The van der Waals surface area contributed by atoms with Crippen molar-refractivity contribution in [2.75, 3.05) is 0 Å². The molecule has 0 atom stereocenters. The fraction of sp³-hybridized carbons (Fsp3) is 0. The average Bonchev–Trinajstić information content (AvgIpc) is 2.42. The molecule has 7 heteroatoms. The highest BCUT2D eigenvalue weighted by atomic mass is 35.5. The largest absolute Gasteiger partial charge is 0.314 e. The monoisotopic (exact) mass is 227 g/mol. The van der Waals surface area contributed by atoms with Gasteiger partial charge in [0.1, 0.15) is 20.8 Å². The maximum Gasteiger partial charge on any atom is 0.314 e. The molecule has 2 heterocycles. The number of nitriles is 1. The molecule has 0 saturated carbocycles. The zero-order valence-electron chi connectivity index (χ0n) is 6.55. The van der Waals surface area contributed by atoms with Crippen molar-refractivity contribution in [1.29, 1.82) is 5.26 Å². The van der Waals surface area contributed by atoms with E-state index >= 15 is 0 Å².